The smallest absolute Gasteiger partial charge is 0.404 e. The number of rotatable bonds is 6. The number of esters is 1. The molecule has 232 valence electrons. The molecule has 42 heavy (non-hydrogen) atoms. The third-order valence-corrected chi connectivity index (χ3v) is 6.33. The maximum atomic E-state index is 12.6. The molecule has 5 N–H and O–H groups in total. The summed E-state index contributed by atoms with van der Waals surface area (Å²) >= 11 is 0. The van der Waals surface area contributed by atoms with Crippen molar-refractivity contribution in [3.8, 4) is 0 Å². The van der Waals surface area contributed by atoms with Crippen LogP contribution in [0.1, 0.15) is 73.1 Å². The van der Waals surface area contributed by atoms with Crippen molar-refractivity contribution in [1.82, 2.24) is 5.32 Å². The second kappa shape index (κ2) is 20.2. The van der Waals surface area contributed by atoms with Crippen LogP contribution in [0.3, 0.4) is 0 Å². The quantitative estimate of drug-likeness (QED) is 0.145. The van der Waals surface area contributed by atoms with Gasteiger partial charge in [-0.15, -0.1) is 0 Å². The van der Waals surface area contributed by atoms with E-state index in [4.69, 9.17) is 15.2 Å². The summed E-state index contributed by atoms with van der Waals surface area (Å²) in [5.74, 6) is -0.764. The van der Waals surface area contributed by atoms with Gasteiger partial charge in [0.25, 0.3) is 0 Å². The van der Waals surface area contributed by atoms with Crippen molar-refractivity contribution in [1.29, 1.82) is 0 Å². The van der Waals surface area contributed by atoms with Gasteiger partial charge in [0, 0.05) is 30.7 Å². The van der Waals surface area contributed by atoms with Crippen LogP contribution in [0.15, 0.2) is 83.7 Å². The number of carbonyl (C=O) groups is 3. The number of nitrogens with two attached hydrogens (primary N) is 1. The van der Waals surface area contributed by atoms with Crippen molar-refractivity contribution in [2.45, 2.75) is 97.6 Å². The lowest BCUT2D eigenvalue weighted by Gasteiger charge is -2.22. The average Bonchev–Trinajstić information content (AvgIpc) is 2.89. The highest BCUT2D eigenvalue weighted by Crippen LogP contribution is 2.21. The monoisotopic (exact) mass is 584 g/mol. The minimum Gasteiger partial charge on any atom is -0.458 e. The fourth-order valence-electron chi connectivity index (χ4n) is 4.17. The number of primary amides is 1. The van der Waals surface area contributed by atoms with Gasteiger partial charge in [-0.25, -0.2) is 9.59 Å². The maximum Gasteiger partial charge on any atom is 0.404 e. The van der Waals surface area contributed by atoms with Gasteiger partial charge in [-0.2, -0.15) is 0 Å². The number of cyclic esters (lactones) is 1. The lowest BCUT2D eigenvalue weighted by atomic mass is 9.95. The highest BCUT2D eigenvalue weighted by molar-refractivity contribution is 5.88. The number of ether oxygens (including phenoxy) is 2. The molecule has 1 aliphatic heterocycles. The molecule has 1 heterocycles. The molecule has 9 nitrogen and oxygen atoms in total. The van der Waals surface area contributed by atoms with Gasteiger partial charge in [0.2, 0.25) is 5.91 Å². The third kappa shape index (κ3) is 17.2. The average molecular weight is 585 g/mol. The number of hydrogen-bond donors (Lipinski definition) is 4. The van der Waals surface area contributed by atoms with Gasteiger partial charge in [-0.1, -0.05) is 66.2 Å². The van der Waals surface area contributed by atoms with E-state index in [0.717, 1.165) is 16.7 Å². The molecule has 9 heteroatoms. The van der Waals surface area contributed by atoms with Crippen LogP contribution in [0.5, 0.6) is 0 Å². The number of carbonyl (C=O) groups excluding carboxylic acids is 3. The second-order valence-electron chi connectivity index (χ2n) is 10.8. The molecule has 0 fully saturated rings. The van der Waals surface area contributed by atoms with E-state index < -0.39 is 36.5 Å². The van der Waals surface area contributed by atoms with E-state index in [0.29, 0.717) is 38.5 Å². The van der Waals surface area contributed by atoms with Crippen LogP contribution < -0.4 is 11.1 Å². The highest BCUT2D eigenvalue weighted by atomic mass is 16.6. The fourth-order valence-corrected chi connectivity index (χ4v) is 4.17. The molecule has 0 radical (unpaired) electrons. The lowest BCUT2D eigenvalue weighted by Crippen LogP contribution is -2.32. The Labute approximate surface area is 250 Å². The Hall–Kier alpha value is -3.69. The van der Waals surface area contributed by atoms with E-state index in [1.807, 2.05) is 58.9 Å². The normalized spacial score (nSPS) is 27.8. The van der Waals surface area contributed by atoms with Gasteiger partial charge >= 0.3 is 12.1 Å². The van der Waals surface area contributed by atoms with E-state index in [1.165, 1.54) is 24.3 Å². The zero-order chi connectivity index (χ0) is 31.5. The molecule has 0 unspecified atom stereocenters. The Morgan fingerprint density at radius 3 is 2.57 bits per heavy atom. The summed E-state index contributed by atoms with van der Waals surface area (Å²) in [4.78, 5) is 35.8. The molecule has 0 saturated carbocycles. The Kier molecular flexibility index (Phi) is 17.5. The van der Waals surface area contributed by atoms with Crippen LogP contribution >= 0.6 is 0 Å². The molecule has 0 aliphatic carbocycles. The van der Waals surface area contributed by atoms with Gasteiger partial charge in [0.1, 0.15) is 18.3 Å². The summed E-state index contributed by atoms with van der Waals surface area (Å²) in [5, 5.41) is 23.4. The van der Waals surface area contributed by atoms with Crippen molar-refractivity contribution in [2.24, 2.45) is 11.7 Å². The number of aliphatic hydroxyl groups excluding tert-OH is 2. The highest BCUT2D eigenvalue weighted by Gasteiger charge is 2.21. The molecular weight excluding hydrogens is 536 g/mol. The summed E-state index contributed by atoms with van der Waals surface area (Å²) in [7, 11) is 0. The molecule has 0 spiro atoms. The van der Waals surface area contributed by atoms with Crippen molar-refractivity contribution in [3.05, 3.63) is 83.7 Å². The van der Waals surface area contributed by atoms with Crippen molar-refractivity contribution >= 4 is 18.0 Å². The summed E-state index contributed by atoms with van der Waals surface area (Å²) in [6, 6.07) is 0. The van der Waals surface area contributed by atoms with Crippen LogP contribution in [0.2, 0.25) is 0 Å². The molecule has 5 atom stereocenters. The van der Waals surface area contributed by atoms with E-state index in [2.05, 4.69) is 5.32 Å². The van der Waals surface area contributed by atoms with Crippen molar-refractivity contribution in [2.75, 3.05) is 0 Å². The molecule has 1 rings (SSSR count). The summed E-state index contributed by atoms with van der Waals surface area (Å²) in [6.45, 7) is 9.54. The summed E-state index contributed by atoms with van der Waals surface area (Å²) in [6.07, 6.45) is 17.3. The van der Waals surface area contributed by atoms with E-state index in [9.17, 15) is 24.6 Å². The van der Waals surface area contributed by atoms with E-state index in [1.54, 1.807) is 18.4 Å². The Morgan fingerprint density at radius 2 is 1.88 bits per heavy atom. The SMILES string of the molecule is CC(C)=CC(=O)N/C=C/C(C)=C/[C@@H](C)[C@H]1C/C(C)=C/C=C/CC[C@H](OC(N)=O)[C@@H](O)/C=C/[C@@H](O)CCC/C=C/C(=O)O1. The van der Waals surface area contributed by atoms with Gasteiger partial charge < -0.3 is 30.7 Å². The molecule has 0 saturated heterocycles. The third-order valence-electron chi connectivity index (χ3n) is 6.33. The van der Waals surface area contributed by atoms with Gasteiger partial charge in [-0.3, -0.25) is 4.79 Å². The lowest BCUT2D eigenvalue weighted by molar-refractivity contribution is -0.144. The number of allylic oxidation sites excluding steroid dienone is 7. The Bertz CT molecular complexity index is 1090. The van der Waals surface area contributed by atoms with Crippen LogP contribution in [0, 0.1) is 5.92 Å². The fraction of sp³-hybridized carbons (Fsp3) is 0.485. The van der Waals surface area contributed by atoms with Crippen molar-refractivity contribution in [3.63, 3.8) is 0 Å². The predicted molar refractivity (Wildman–Crippen MR) is 165 cm³/mol. The topological polar surface area (TPSA) is 148 Å². The zero-order valence-corrected chi connectivity index (χ0v) is 25.5. The number of hydrogen-bond acceptors (Lipinski definition) is 7. The largest absolute Gasteiger partial charge is 0.458 e. The minimum atomic E-state index is -1.11. The Morgan fingerprint density at radius 1 is 1.14 bits per heavy atom. The first-order chi connectivity index (χ1) is 19.9. The zero-order valence-electron chi connectivity index (χ0n) is 25.5. The van der Waals surface area contributed by atoms with Gasteiger partial charge in [-0.05, 0) is 65.9 Å². The van der Waals surface area contributed by atoms with E-state index >= 15 is 0 Å². The van der Waals surface area contributed by atoms with E-state index in [-0.39, 0.29) is 11.8 Å². The van der Waals surface area contributed by atoms with Crippen molar-refractivity contribution < 1.29 is 34.1 Å². The Balaban J connectivity index is 3.09. The molecule has 1 aliphatic rings. The maximum absolute atomic E-state index is 12.6. The molecule has 2 amide bonds. The first-order valence-corrected chi connectivity index (χ1v) is 14.4. The number of amides is 2. The molecular formula is C33H48N2O7. The standard InChI is InChI=1S/C33H48N2O7/c1-23(2)20-31(38)35-19-18-25(4)21-26(5)30-22-24(3)12-8-6-10-14-29(42-33(34)40)28(37)17-16-27(36)13-9-7-11-15-32(39)41-30/h6,8,11-12,15-21,26-30,36-37H,7,9-10,13-14,22H2,1-5H3,(H2,34,40)(H,35,38)/b8-6+,15-11+,17-16+,19-18+,24-12+,25-21+/t26-,27+,28+,29+,30-/m1/s1. The summed E-state index contributed by atoms with van der Waals surface area (Å²) in [5.41, 5.74) is 7.98. The molecule has 0 bridgehead atoms. The molecule has 0 aromatic rings. The van der Waals surface area contributed by atoms with Crippen LogP contribution in [-0.4, -0.2) is 52.6 Å². The van der Waals surface area contributed by atoms with Gasteiger partial charge in [0.05, 0.1) is 6.10 Å². The van der Waals surface area contributed by atoms with Crippen LogP contribution in [0.4, 0.5) is 4.79 Å². The number of aliphatic hydroxyl groups is 2. The first-order valence-electron chi connectivity index (χ1n) is 14.4. The molecule has 0 aromatic heterocycles. The minimum absolute atomic E-state index is 0.124. The van der Waals surface area contributed by atoms with Crippen LogP contribution in [-0.2, 0) is 19.1 Å². The number of nitrogens with one attached hydrogen (secondary N) is 1. The van der Waals surface area contributed by atoms with Gasteiger partial charge in [0.15, 0.2) is 0 Å². The molecule has 0 aromatic carbocycles. The van der Waals surface area contributed by atoms with Crippen LogP contribution in [0.25, 0.3) is 0 Å². The predicted octanol–water partition coefficient (Wildman–Crippen LogP) is 5.23. The first kappa shape index (κ1) is 36.3. The second-order valence-corrected chi connectivity index (χ2v) is 10.8. The summed E-state index contributed by atoms with van der Waals surface area (Å²) < 4.78 is 10.9.